The number of hydrogen-bond acceptors (Lipinski definition) is 8. The van der Waals surface area contributed by atoms with Crippen molar-refractivity contribution < 1.29 is 39.8 Å². The Morgan fingerprint density at radius 2 is 0.794 bits per heavy atom. The monoisotopic (exact) mass is 898 g/mol. The number of hydrogen-bond donors (Lipinski definition) is 6. The fourth-order valence-corrected chi connectivity index (χ4v) is 9.28. The van der Waals surface area contributed by atoms with E-state index < -0.39 is 49.5 Å². The Labute approximate surface area is 389 Å². The van der Waals surface area contributed by atoms with Crippen molar-refractivity contribution in [3.63, 3.8) is 0 Å². The molecule has 1 aliphatic rings. The van der Waals surface area contributed by atoms with Gasteiger partial charge >= 0.3 is 0 Å². The summed E-state index contributed by atoms with van der Waals surface area (Å²) >= 11 is 0. The van der Waals surface area contributed by atoms with Crippen LogP contribution in [0.1, 0.15) is 284 Å². The predicted octanol–water partition coefficient (Wildman–Crippen LogP) is 13.1. The highest BCUT2D eigenvalue weighted by atomic mass is 16.7. The predicted molar refractivity (Wildman–Crippen MR) is 263 cm³/mol. The van der Waals surface area contributed by atoms with Crippen molar-refractivity contribution >= 4 is 5.91 Å². The van der Waals surface area contributed by atoms with Gasteiger partial charge in [0.15, 0.2) is 6.29 Å². The topological polar surface area (TPSA) is 149 Å². The second-order valence-corrected chi connectivity index (χ2v) is 19.7. The summed E-state index contributed by atoms with van der Waals surface area (Å²) in [6.07, 6.45) is 45.6. The van der Waals surface area contributed by atoms with E-state index in [2.05, 4.69) is 19.2 Å². The van der Waals surface area contributed by atoms with E-state index in [1.165, 1.54) is 218 Å². The van der Waals surface area contributed by atoms with Gasteiger partial charge < -0.3 is 40.3 Å². The molecule has 0 aromatic carbocycles. The number of nitrogens with one attached hydrogen (secondary N) is 1. The SMILES string of the molecule is CCCCCCCCCCCCCCCCCCCCCCCCCCCCCC(O)C(COC1OC(CO)C(O)C(O)C1O)NC(=O)CCCCCCCCCCCCCCC. The van der Waals surface area contributed by atoms with Gasteiger partial charge in [0.1, 0.15) is 24.4 Å². The number of unbranched alkanes of at least 4 members (excludes halogenated alkanes) is 38. The Morgan fingerprint density at radius 3 is 1.13 bits per heavy atom. The zero-order valence-corrected chi connectivity index (χ0v) is 41.6. The first-order chi connectivity index (χ1) is 30.8. The maximum absolute atomic E-state index is 13.0. The molecular formula is C54H107NO8. The van der Waals surface area contributed by atoms with Crippen molar-refractivity contribution in [1.29, 1.82) is 0 Å². The van der Waals surface area contributed by atoms with Crippen LogP contribution >= 0.6 is 0 Å². The zero-order valence-electron chi connectivity index (χ0n) is 41.6. The van der Waals surface area contributed by atoms with Gasteiger partial charge in [-0.3, -0.25) is 4.79 Å². The molecule has 1 amide bonds. The van der Waals surface area contributed by atoms with Crippen LogP contribution in [0, 0.1) is 0 Å². The first-order valence-electron chi connectivity index (χ1n) is 27.7. The van der Waals surface area contributed by atoms with Gasteiger partial charge in [-0.1, -0.05) is 264 Å². The first-order valence-corrected chi connectivity index (χ1v) is 27.7. The Hall–Kier alpha value is -0.810. The summed E-state index contributed by atoms with van der Waals surface area (Å²) in [5.74, 6) is -0.139. The van der Waals surface area contributed by atoms with Crippen LogP contribution in [0.15, 0.2) is 0 Å². The van der Waals surface area contributed by atoms with Gasteiger partial charge in [-0.05, 0) is 12.8 Å². The molecule has 0 aliphatic carbocycles. The lowest BCUT2D eigenvalue weighted by atomic mass is 9.99. The third-order valence-electron chi connectivity index (χ3n) is 13.7. The van der Waals surface area contributed by atoms with E-state index in [1.54, 1.807) is 0 Å². The van der Waals surface area contributed by atoms with Crippen LogP contribution in [0.25, 0.3) is 0 Å². The van der Waals surface area contributed by atoms with E-state index >= 15 is 0 Å². The third-order valence-corrected chi connectivity index (χ3v) is 13.7. The Morgan fingerprint density at radius 1 is 0.476 bits per heavy atom. The molecule has 1 heterocycles. The van der Waals surface area contributed by atoms with E-state index in [9.17, 15) is 30.3 Å². The number of ether oxygens (including phenoxy) is 2. The summed E-state index contributed by atoms with van der Waals surface area (Å²) in [7, 11) is 0. The molecule has 1 fully saturated rings. The van der Waals surface area contributed by atoms with Gasteiger partial charge in [0.2, 0.25) is 5.91 Å². The minimum absolute atomic E-state index is 0.131. The summed E-state index contributed by atoms with van der Waals surface area (Å²) < 4.78 is 11.3. The normalized spacial score (nSPS) is 20.0. The lowest BCUT2D eigenvalue weighted by molar-refractivity contribution is -0.302. The zero-order chi connectivity index (χ0) is 45.9. The second-order valence-electron chi connectivity index (χ2n) is 19.7. The molecule has 6 N–H and O–H groups in total. The van der Waals surface area contributed by atoms with Crippen LogP contribution in [0.2, 0.25) is 0 Å². The summed E-state index contributed by atoms with van der Waals surface area (Å²) in [4.78, 5) is 13.0. The van der Waals surface area contributed by atoms with Crippen LogP contribution in [-0.4, -0.2) is 87.5 Å². The first kappa shape index (κ1) is 60.2. The molecule has 0 radical (unpaired) electrons. The molecular weight excluding hydrogens is 791 g/mol. The summed E-state index contributed by atoms with van der Waals surface area (Å²) in [6.45, 7) is 3.87. The molecule has 9 heteroatoms. The van der Waals surface area contributed by atoms with Crippen molar-refractivity contribution in [3.05, 3.63) is 0 Å². The minimum Gasteiger partial charge on any atom is -0.394 e. The average Bonchev–Trinajstić information content (AvgIpc) is 3.28. The molecule has 376 valence electrons. The lowest BCUT2D eigenvalue weighted by Gasteiger charge is -2.40. The second kappa shape index (κ2) is 45.0. The van der Waals surface area contributed by atoms with Gasteiger partial charge in [0.05, 0.1) is 25.4 Å². The molecule has 7 unspecified atom stereocenters. The minimum atomic E-state index is -1.55. The summed E-state index contributed by atoms with van der Waals surface area (Å²) in [6, 6.07) is -0.712. The number of aliphatic hydroxyl groups is 5. The van der Waals surface area contributed by atoms with Crippen molar-refractivity contribution in [1.82, 2.24) is 5.32 Å². The molecule has 0 aromatic rings. The highest BCUT2D eigenvalue weighted by Crippen LogP contribution is 2.23. The molecule has 63 heavy (non-hydrogen) atoms. The standard InChI is InChI=1S/C54H107NO8/c1-3-5-7-9-11-13-15-17-18-19-20-21-22-23-24-25-26-27-28-29-30-32-33-35-37-39-41-43-48(57)47(46-62-54-53(61)52(60)51(59)49(45-56)63-54)55-50(58)44-42-40-38-36-34-31-16-14-12-10-8-6-4-2/h47-49,51-54,56-57,59-61H,3-46H2,1-2H3,(H,55,58). The quantitative estimate of drug-likeness (QED) is 0.0331. The summed E-state index contributed by atoms with van der Waals surface area (Å²) in [5.41, 5.74) is 0. The van der Waals surface area contributed by atoms with Gasteiger partial charge in [-0.2, -0.15) is 0 Å². The van der Waals surface area contributed by atoms with Crippen LogP contribution in [-0.2, 0) is 14.3 Å². The highest BCUT2D eigenvalue weighted by Gasteiger charge is 2.44. The van der Waals surface area contributed by atoms with Crippen molar-refractivity contribution in [2.75, 3.05) is 13.2 Å². The Bertz CT molecular complexity index is 955. The van der Waals surface area contributed by atoms with Gasteiger partial charge in [0.25, 0.3) is 0 Å². The van der Waals surface area contributed by atoms with Crippen LogP contribution < -0.4 is 5.32 Å². The van der Waals surface area contributed by atoms with Gasteiger partial charge in [0, 0.05) is 6.42 Å². The van der Waals surface area contributed by atoms with Crippen molar-refractivity contribution in [3.8, 4) is 0 Å². The molecule has 1 rings (SSSR count). The molecule has 0 bridgehead atoms. The molecule has 7 atom stereocenters. The molecule has 9 nitrogen and oxygen atoms in total. The molecule has 0 spiro atoms. The third kappa shape index (κ3) is 35.1. The number of carbonyl (C=O) groups excluding carboxylic acids is 1. The Kier molecular flexibility index (Phi) is 43.0. The largest absolute Gasteiger partial charge is 0.394 e. The number of carbonyl (C=O) groups is 1. The van der Waals surface area contributed by atoms with Crippen LogP contribution in [0.5, 0.6) is 0 Å². The van der Waals surface area contributed by atoms with Crippen molar-refractivity contribution in [2.24, 2.45) is 0 Å². The molecule has 1 saturated heterocycles. The molecule has 0 saturated carbocycles. The molecule has 1 aliphatic heterocycles. The highest BCUT2D eigenvalue weighted by molar-refractivity contribution is 5.76. The van der Waals surface area contributed by atoms with E-state index in [0.29, 0.717) is 12.8 Å². The number of amides is 1. The van der Waals surface area contributed by atoms with E-state index in [1.807, 2.05) is 0 Å². The van der Waals surface area contributed by atoms with Gasteiger partial charge in [-0.25, -0.2) is 0 Å². The van der Waals surface area contributed by atoms with E-state index in [4.69, 9.17) is 9.47 Å². The van der Waals surface area contributed by atoms with Crippen LogP contribution in [0.3, 0.4) is 0 Å². The van der Waals surface area contributed by atoms with Crippen LogP contribution in [0.4, 0.5) is 0 Å². The van der Waals surface area contributed by atoms with Gasteiger partial charge in [-0.15, -0.1) is 0 Å². The summed E-state index contributed by atoms with van der Waals surface area (Å²) in [5, 5.41) is 54.5. The number of rotatable bonds is 48. The maximum Gasteiger partial charge on any atom is 0.220 e. The fraction of sp³-hybridized carbons (Fsp3) is 0.981. The van der Waals surface area contributed by atoms with E-state index in [0.717, 1.165) is 38.5 Å². The number of aliphatic hydroxyl groups excluding tert-OH is 5. The smallest absolute Gasteiger partial charge is 0.220 e. The van der Waals surface area contributed by atoms with E-state index in [-0.39, 0.29) is 12.5 Å². The van der Waals surface area contributed by atoms with Crippen molar-refractivity contribution in [2.45, 2.75) is 326 Å². The maximum atomic E-state index is 13.0. The molecule has 0 aromatic heterocycles. The Balaban J connectivity index is 2.16. The lowest BCUT2D eigenvalue weighted by Crippen LogP contribution is -2.60. The average molecular weight is 898 g/mol. The fourth-order valence-electron chi connectivity index (χ4n) is 9.28.